The molecule has 4 aliphatic carbocycles. The number of aliphatic hydroxyl groups is 1. The maximum absolute atomic E-state index is 10.2. The van der Waals surface area contributed by atoms with E-state index < -0.39 is 0 Å². The van der Waals surface area contributed by atoms with Gasteiger partial charge in [0.1, 0.15) is 5.60 Å². The molecule has 0 radical (unpaired) electrons. The third kappa shape index (κ3) is 1.01. The summed E-state index contributed by atoms with van der Waals surface area (Å²) in [6.45, 7) is 3.64. The van der Waals surface area contributed by atoms with E-state index in [1.54, 1.807) is 0 Å². The molecule has 2 heteroatoms. The fraction of sp³-hybridized carbons (Fsp3) is 0.833. The van der Waals surface area contributed by atoms with Crippen LogP contribution < -0.4 is 0 Å². The molecule has 4 aliphatic rings. The molecule has 4 rings (SSSR count). The van der Waals surface area contributed by atoms with Crippen LogP contribution in [0.5, 0.6) is 0 Å². The lowest BCUT2D eigenvalue weighted by Gasteiger charge is -2.58. The summed E-state index contributed by atoms with van der Waals surface area (Å²) in [5.74, 6) is 2.10. The highest BCUT2D eigenvalue weighted by Crippen LogP contribution is 2.57. The van der Waals surface area contributed by atoms with E-state index in [2.05, 4.69) is 6.58 Å². The molecule has 2 nitrogen and oxygen atoms in total. The second kappa shape index (κ2) is 2.75. The minimum Gasteiger partial charge on any atom is -0.493 e. The van der Waals surface area contributed by atoms with Crippen molar-refractivity contribution in [3.63, 3.8) is 0 Å². The molecule has 0 aliphatic heterocycles. The molecule has 0 spiro atoms. The Hall–Kier alpha value is -0.500. The number of rotatable bonds is 2. The van der Waals surface area contributed by atoms with Crippen molar-refractivity contribution in [2.45, 2.75) is 43.8 Å². The maximum atomic E-state index is 10.2. The average molecular weight is 194 g/mol. The molecule has 0 aromatic heterocycles. The Morgan fingerprint density at radius 3 is 2.43 bits per heavy atom. The highest BCUT2D eigenvalue weighted by atomic mass is 16.5. The van der Waals surface area contributed by atoms with E-state index in [4.69, 9.17) is 4.74 Å². The van der Waals surface area contributed by atoms with E-state index in [-0.39, 0.29) is 11.7 Å². The van der Waals surface area contributed by atoms with Gasteiger partial charge in [-0.25, -0.2) is 0 Å². The summed E-state index contributed by atoms with van der Waals surface area (Å²) in [5.41, 5.74) is -0.253. The van der Waals surface area contributed by atoms with Crippen LogP contribution in [0, 0.1) is 17.8 Å². The molecule has 4 saturated carbocycles. The summed E-state index contributed by atoms with van der Waals surface area (Å²) in [5, 5.41) is 10.2. The van der Waals surface area contributed by atoms with E-state index >= 15 is 0 Å². The highest BCUT2D eigenvalue weighted by molar-refractivity contribution is 5.09. The standard InChI is InChI=1S/C12H18O2/c1-2-14-12-6-8-3-9(7-12)5-10(4-8)11(12)13/h2,8-11,13H,1,3-7H2. The van der Waals surface area contributed by atoms with Crippen molar-refractivity contribution in [1.82, 2.24) is 0 Å². The van der Waals surface area contributed by atoms with Gasteiger partial charge >= 0.3 is 0 Å². The first-order valence-electron chi connectivity index (χ1n) is 5.70. The van der Waals surface area contributed by atoms with Crippen molar-refractivity contribution in [2.24, 2.45) is 17.8 Å². The summed E-state index contributed by atoms with van der Waals surface area (Å²) in [6, 6.07) is 0. The van der Waals surface area contributed by atoms with Gasteiger partial charge in [0.2, 0.25) is 0 Å². The average Bonchev–Trinajstić information content (AvgIpc) is 2.13. The SMILES string of the molecule is C=COC12CC3CC(CC(C3)C1O)C2. The number of hydrogen-bond acceptors (Lipinski definition) is 2. The number of hydrogen-bond donors (Lipinski definition) is 1. The van der Waals surface area contributed by atoms with Gasteiger partial charge in [0.25, 0.3) is 0 Å². The maximum Gasteiger partial charge on any atom is 0.135 e. The van der Waals surface area contributed by atoms with Crippen molar-refractivity contribution in [3.8, 4) is 0 Å². The van der Waals surface area contributed by atoms with Crippen LogP contribution in [-0.2, 0) is 4.74 Å². The van der Waals surface area contributed by atoms with Crippen molar-refractivity contribution in [1.29, 1.82) is 0 Å². The molecule has 78 valence electrons. The van der Waals surface area contributed by atoms with Gasteiger partial charge in [-0.2, -0.15) is 0 Å². The largest absolute Gasteiger partial charge is 0.493 e. The first-order chi connectivity index (χ1) is 6.73. The molecule has 3 unspecified atom stereocenters. The van der Waals surface area contributed by atoms with Gasteiger partial charge in [0, 0.05) is 0 Å². The first kappa shape index (κ1) is 8.78. The van der Waals surface area contributed by atoms with Crippen molar-refractivity contribution in [2.75, 3.05) is 0 Å². The van der Waals surface area contributed by atoms with Gasteiger partial charge in [-0.15, -0.1) is 0 Å². The van der Waals surface area contributed by atoms with Crippen molar-refractivity contribution >= 4 is 0 Å². The lowest BCUT2D eigenvalue weighted by atomic mass is 9.53. The summed E-state index contributed by atoms with van der Waals surface area (Å²) < 4.78 is 5.67. The zero-order valence-electron chi connectivity index (χ0n) is 8.48. The van der Waals surface area contributed by atoms with Gasteiger partial charge in [0.05, 0.1) is 12.4 Å². The molecular weight excluding hydrogens is 176 g/mol. The Kier molecular flexibility index (Phi) is 1.73. The summed E-state index contributed by atoms with van der Waals surface area (Å²) in [4.78, 5) is 0. The topological polar surface area (TPSA) is 29.5 Å². The Labute approximate surface area is 85.0 Å². The van der Waals surface area contributed by atoms with Crippen LogP contribution in [0.4, 0.5) is 0 Å². The number of ether oxygens (including phenoxy) is 1. The monoisotopic (exact) mass is 194 g/mol. The molecule has 1 N–H and O–H groups in total. The second-order valence-corrected chi connectivity index (χ2v) is 5.40. The predicted molar refractivity (Wildman–Crippen MR) is 53.6 cm³/mol. The zero-order valence-corrected chi connectivity index (χ0v) is 8.48. The fourth-order valence-electron chi connectivity index (χ4n) is 4.27. The van der Waals surface area contributed by atoms with Crippen LogP contribution in [0.25, 0.3) is 0 Å². The molecule has 0 heterocycles. The summed E-state index contributed by atoms with van der Waals surface area (Å²) in [7, 11) is 0. The normalized spacial score (nSPS) is 54.6. The van der Waals surface area contributed by atoms with Crippen LogP contribution in [0.15, 0.2) is 12.8 Å². The Bertz CT molecular complexity index is 247. The van der Waals surface area contributed by atoms with Crippen LogP contribution in [0.3, 0.4) is 0 Å². The second-order valence-electron chi connectivity index (χ2n) is 5.40. The molecule has 4 fully saturated rings. The Morgan fingerprint density at radius 1 is 1.21 bits per heavy atom. The predicted octanol–water partition coefficient (Wildman–Crippen LogP) is 2.09. The summed E-state index contributed by atoms with van der Waals surface area (Å²) >= 11 is 0. The third-order valence-corrected chi connectivity index (χ3v) is 4.51. The van der Waals surface area contributed by atoms with Gasteiger partial charge in [-0.1, -0.05) is 6.58 Å². The minimum absolute atomic E-state index is 0.242. The number of aliphatic hydroxyl groups excluding tert-OH is 1. The molecule has 14 heavy (non-hydrogen) atoms. The molecule has 0 aromatic rings. The van der Waals surface area contributed by atoms with E-state index in [0.717, 1.165) is 24.7 Å². The quantitative estimate of drug-likeness (QED) is 0.682. The smallest absolute Gasteiger partial charge is 0.135 e. The molecule has 3 atom stereocenters. The molecule has 0 saturated heterocycles. The molecule has 0 amide bonds. The lowest BCUT2D eigenvalue weighted by molar-refractivity contribution is -0.206. The van der Waals surface area contributed by atoms with Crippen LogP contribution in [0.2, 0.25) is 0 Å². The molecule has 0 aromatic carbocycles. The van der Waals surface area contributed by atoms with Crippen molar-refractivity contribution in [3.05, 3.63) is 12.8 Å². The van der Waals surface area contributed by atoms with Gasteiger partial charge < -0.3 is 9.84 Å². The Morgan fingerprint density at radius 2 is 1.86 bits per heavy atom. The van der Waals surface area contributed by atoms with Gasteiger partial charge in [-0.05, 0) is 49.9 Å². The van der Waals surface area contributed by atoms with Gasteiger partial charge in [-0.3, -0.25) is 0 Å². The third-order valence-electron chi connectivity index (χ3n) is 4.51. The van der Waals surface area contributed by atoms with Crippen molar-refractivity contribution < 1.29 is 9.84 Å². The minimum atomic E-state index is -0.253. The van der Waals surface area contributed by atoms with E-state index in [0.29, 0.717) is 5.92 Å². The lowest BCUT2D eigenvalue weighted by Crippen LogP contribution is -2.61. The molecular formula is C12H18O2. The first-order valence-corrected chi connectivity index (χ1v) is 5.70. The van der Waals surface area contributed by atoms with E-state index in [9.17, 15) is 5.11 Å². The van der Waals surface area contributed by atoms with Crippen LogP contribution >= 0.6 is 0 Å². The van der Waals surface area contributed by atoms with E-state index in [1.807, 2.05) is 0 Å². The summed E-state index contributed by atoms with van der Waals surface area (Å²) in [6.07, 6.45) is 7.19. The van der Waals surface area contributed by atoms with E-state index in [1.165, 1.54) is 25.5 Å². The fourth-order valence-corrected chi connectivity index (χ4v) is 4.27. The zero-order chi connectivity index (χ0) is 9.76. The van der Waals surface area contributed by atoms with Crippen LogP contribution in [0.1, 0.15) is 32.1 Å². The Balaban J connectivity index is 1.93. The van der Waals surface area contributed by atoms with Gasteiger partial charge in [0.15, 0.2) is 0 Å². The highest BCUT2D eigenvalue weighted by Gasteiger charge is 2.58. The van der Waals surface area contributed by atoms with Crippen LogP contribution in [-0.4, -0.2) is 16.8 Å². The molecule has 4 bridgehead atoms.